The van der Waals surface area contributed by atoms with E-state index in [1.807, 2.05) is 36.4 Å². The molecule has 1 aliphatic heterocycles. The minimum Gasteiger partial charge on any atom is -0.467 e. The molecule has 1 N–H and O–H groups in total. The molecule has 1 atom stereocenters. The predicted octanol–water partition coefficient (Wildman–Crippen LogP) is 6.00. The molecule has 158 valence electrons. The zero-order valence-corrected chi connectivity index (χ0v) is 18.0. The van der Waals surface area contributed by atoms with Crippen LogP contribution in [0.15, 0.2) is 58.3 Å². The highest BCUT2D eigenvalue weighted by atomic mass is 16.3. The molecule has 1 aromatic heterocycles. The molecule has 0 saturated carbocycles. The molecule has 30 heavy (non-hydrogen) atoms. The van der Waals surface area contributed by atoms with Crippen molar-refractivity contribution in [2.75, 3.05) is 10.2 Å². The number of carbonyl (C=O) groups excluding carboxylic acids is 2. The van der Waals surface area contributed by atoms with Crippen LogP contribution in [0, 0.1) is 5.41 Å². The summed E-state index contributed by atoms with van der Waals surface area (Å²) in [7, 11) is 0. The Balaban J connectivity index is 1.89. The van der Waals surface area contributed by atoms with Crippen LogP contribution in [0.25, 0.3) is 0 Å². The van der Waals surface area contributed by atoms with Gasteiger partial charge in [-0.1, -0.05) is 45.7 Å². The van der Waals surface area contributed by atoms with E-state index >= 15 is 0 Å². The van der Waals surface area contributed by atoms with E-state index < -0.39 is 6.04 Å². The summed E-state index contributed by atoms with van der Waals surface area (Å²) in [6.45, 7) is 6.35. The number of fused-ring (bicyclic) bond motifs is 1. The molecule has 0 fully saturated rings. The minimum atomic E-state index is -0.552. The summed E-state index contributed by atoms with van der Waals surface area (Å²) in [6.07, 6.45) is 6.15. The van der Waals surface area contributed by atoms with Crippen LogP contribution in [-0.4, -0.2) is 11.7 Å². The number of Topliss-reactive ketones (excluding diaryl/α,β-unsaturated/α-hetero) is 1. The molecule has 0 radical (unpaired) electrons. The van der Waals surface area contributed by atoms with E-state index in [1.54, 1.807) is 11.2 Å². The van der Waals surface area contributed by atoms with Crippen molar-refractivity contribution < 1.29 is 14.0 Å². The fourth-order valence-electron chi connectivity index (χ4n) is 4.63. The van der Waals surface area contributed by atoms with Gasteiger partial charge >= 0.3 is 0 Å². The maximum absolute atomic E-state index is 13.5. The smallest absolute Gasteiger partial charge is 0.228 e. The molecule has 1 unspecified atom stereocenters. The van der Waals surface area contributed by atoms with Gasteiger partial charge in [0.05, 0.1) is 17.6 Å². The van der Waals surface area contributed by atoms with Crippen molar-refractivity contribution in [2.24, 2.45) is 5.41 Å². The largest absolute Gasteiger partial charge is 0.467 e. The van der Waals surface area contributed by atoms with Gasteiger partial charge in [0.15, 0.2) is 5.78 Å². The Morgan fingerprint density at radius 3 is 2.70 bits per heavy atom. The zero-order chi connectivity index (χ0) is 21.3. The average Bonchev–Trinajstić information content (AvgIpc) is 3.17. The molecule has 0 bridgehead atoms. The molecule has 1 amide bonds. The highest BCUT2D eigenvalue weighted by molar-refractivity contribution is 6.06. The Hall–Kier alpha value is -2.82. The van der Waals surface area contributed by atoms with Crippen molar-refractivity contribution in [2.45, 2.75) is 65.3 Å². The first-order valence-corrected chi connectivity index (χ1v) is 10.9. The van der Waals surface area contributed by atoms with Gasteiger partial charge in [-0.3, -0.25) is 14.5 Å². The molecule has 0 spiro atoms. The van der Waals surface area contributed by atoms with E-state index in [0.717, 1.165) is 42.8 Å². The number of ketones is 1. The van der Waals surface area contributed by atoms with Crippen LogP contribution in [0.3, 0.4) is 0 Å². The number of hydrogen-bond donors (Lipinski definition) is 1. The van der Waals surface area contributed by atoms with Gasteiger partial charge < -0.3 is 9.73 Å². The summed E-state index contributed by atoms with van der Waals surface area (Å²) < 4.78 is 5.79. The number of unbranched alkanes of at least 4 members (excludes halogenated alkanes) is 2. The van der Waals surface area contributed by atoms with E-state index in [9.17, 15) is 9.59 Å². The van der Waals surface area contributed by atoms with Crippen molar-refractivity contribution in [3.05, 3.63) is 59.7 Å². The van der Waals surface area contributed by atoms with E-state index in [0.29, 0.717) is 24.2 Å². The number of anilines is 2. The first-order chi connectivity index (χ1) is 14.4. The number of nitrogens with zero attached hydrogens (tertiary/aromatic N) is 1. The van der Waals surface area contributed by atoms with Crippen molar-refractivity contribution in [1.82, 2.24) is 0 Å². The molecule has 5 nitrogen and oxygen atoms in total. The first kappa shape index (κ1) is 20.5. The number of hydrogen-bond acceptors (Lipinski definition) is 4. The van der Waals surface area contributed by atoms with Crippen LogP contribution in [0.2, 0.25) is 0 Å². The lowest BCUT2D eigenvalue weighted by atomic mass is 9.74. The third-order valence-corrected chi connectivity index (χ3v) is 5.98. The van der Waals surface area contributed by atoms with E-state index in [1.165, 1.54) is 0 Å². The molecule has 4 rings (SSSR count). The minimum absolute atomic E-state index is 0.0190. The summed E-state index contributed by atoms with van der Waals surface area (Å²) in [6, 6.07) is 10.9. The lowest BCUT2D eigenvalue weighted by Crippen LogP contribution is -2.39. The zero-order valence-electron chi connectivity index (χ0n) is 18.0. The maximum Gasteiger partial charge on any atom is 0.228 e. The highest BCUT2D eigenvalue weighted by Crippen LogP contribution is 2.48. The fraction of sp³-hybridized carbons (Fsp3) is 0.440. The number of allylic oxidation sites excluding steroid dienone is 1. The second-order valence-electron chi connectivity index (χ2n) is 9.11. The number of amides is 1. The third kappa shape index (κ3) is 3.81. The molecular formula is C25H30N2O3. The number of carbonyl (C=O) groups is 2. The quantitative estimate of drug-likeness (QED) is 0.618. The number of rotatable bonds is 5. The SMILES string of the molecule is CCCCCC(=O)N1c2ccccc2NC2=C(C(=O)CC(C)(C)C2)C1c1ccco1. The second-order valence-corrected chi connectivity index (χ2v) is 9.11. The molecule has 2 heterocycles. The Morgan fingerprint density at radius 2 is 1.97 bits per heavy atom. The molecule has 5 heteroatoms. The van der Waals surface area contributed by atoms with E-state index in [2.05, 4.69) is 26.1 Å². The fourth-order valence-corrected chi connectivity index (χ4v) is 4.63. The van der Waals surface area contributed by atoms with Gasteiger partial charge in [-0.15, -0.1) is 0 Å². The van der Waals surface area contributed by atoms with Gasteiger partial charge in [-0.05, 0) is 42.5 Å². The summed E-state index contributed by atoms with van der Waals surface area (Å²) in [5, 5.41) is 3.51. The van der Waals surface area contributed by atoms with Crippen LogP contribution in [-0.2, 0) is 9.59 Å². The van der Waals surface area contributed by atoms with Gasteiger partial charge in [0, 0.05) is 24.1 Å². The van der Waals surface area contributed by atoms with Crippen molar-refractivity contribution >= 4 is 23.1 Å². The Morgan fingerprint density at radius 1 is 1.17 bits per heavy atom. The highest BCUT2D eigenvalue weighted by Gasteiger charge is 2.44. The predicted molar refractivity (Wildman–Crippen MR) is 118 cm³/mol. The summed E-state index contributed by atoms with van der Waals surface area (Å²) in [5.41, 5.74) is 3.07. The van der Waals surface area contributed by atoms with Gasteiger partial charge in [0.2, 0.25) is 5.91 Å². The molecule has 0 saturated heterocycles. The Labute approximate surface area is 178 Å². The van der Waals surface area contributed by atoms with E-state index in [-0.39, 0.29) is 17.1 Å². The third-order valence-electron chi connectivity index (χ3n) is 5.98. The number of furan rings is 1. The average molecular weight is 407 g/mol. The van der Waals surface area contributed by atoms with Crippen LogP contribution in [0.5, 0.6) is 0 Å². The van der Waals surface area contributed by atoms with Crippen LogP contribution in [0.4, 0.5) is 11.4 Å². The lowest BCUT2D eigenvalue weighted by molar-refractivity contribution is -0.119. The Bertz CT molecular complexity index is 972. The van der Waals surface area contributed by atoms with E-state index in [4.69, 9.17) is 4.42 Å². The van der Waals surface area contributed by atoms with Gasteiger partial charge in [0.25, 0.3) is 0 Å². The summed E-state index contributed by atoms with van der Waals surface area (Å²) in [4.78, 5) is 28.7. The molecule has 1 aromatic carbocycles. The molecular weight excluding hydrogens is 376 g/mol. The standard InChI is InChI=1S/C25H30N2O3/c1-4-5-6-13-22(29)27-19-11-8-7-10-17(19)26-18-15-25(2,3)16-20(28)23(18)24(27)21-12-9-14-30-21/h7-12,14,24,26H,4-6,13,15-16H2,1-3H3. The summed E-state index contributed by atoms with van der Waals surface area (Å²) in [5.74, 6) is 0.720. The number of nitrogens with one attached hydrogen (secondary N) is 1. The lowest BCUT2D eigenvalue weighted by Gasteiger charge is -2.36. The first-order valence-electron chi connectivity index (χ1n) is 10.9. The van der Waals surface area contributed by atoms with Gasteiger partial charge in [-0.25, -0.2) is 0 Å². The monoisotopic (exact) mass is 406 g/mol. The van der Waals surface area contributed by atoms with Gasteiger partial charge in [0.1, 0.15) is 11.8 Å². The number of benzene rings is 1. The van der Waals surface area contributed by atoms with Gasteiger partial charge in [-0.2, -0.15) is 0 Å². The van der Waals surface area contributed by atoms with Crippen molar-refractivity contribution in [1.29, 1.82) is 0 Å². The number of para-hydroxylation sites is 2. The maximum atomic E-state index is 13.5. The van der Waals surface area contributed by atoms with Crippen molar-refractivity contribution in [3.8, 4) is 0 Å². The Kier molecular flexibility index (Phi) is 5.54. The van der Waals surface area contributed by atoms with Crippen molar-refractivity contribution in [3.63, 3.8) is 0 Å². The normalized spacial score (nSPS) is 20.3. The second kappa shape index (κ2) is 8.13. The van der Waals surface area contributed by atoms with Crippen LogP contribution >= 0.6 is 0 Å². The summed E-state index contributed by atoms with van der Waals surface area (Å²) >= 11 is 0. The molecule has 2 aromatic rings. The molecule has 2 aliphatic rings. The van der Waals surface area contributed by atoms with Crippen LogP contribution in [0.1, 0.15) is 71.1 Å². The topological polar surface area (TPSA) is 62.6 Å². The molecule has 1 aliphatic carbocycles. The van der Waals surface area contributed by atoms with Crippen LogP contribution < -0.4 is 10.2 Å².